The molecule has 0 radical (unpaired) electrons. The van der Waals surface area contributed by atoms with E-state index in [0.717, 1.165) is 50.9 Å². The van der Waals surface area contributed by atoms with Gasteiger partial charge >= 0.3 is 5.97 Å². The lowest BCUT2D eigenvalue weighted by molar-refractivity contribution is -0.134. The van der Waals surface area contributed by atoms with Gasteiger partial charge in [0, 0.05) is 24.7 Å². The first-order chi connectivity index (χ1) is 14.6. The molecule has 0 N–H and O–H groups in total. The predicted octanol–water partition coefficient (Wildman–Crippen LogP) is 3.98. The topological polar surface area (TPSA) is 64.4 Å². The minimum atomic E-state index is -0.359. The first-order valence-electron chi connectivity index (χ1n) is 11.2. The molecule has 1 saturated carbocycles. The summed E-state index contributed by atoms with van der Waals surface area (Å²) in [7, 11) is 0. The molecule has 6 nitrogen and oxygen atoms in total. The summed E-state index contributed by atoms with van der Waals surface area (Å²) in [6, 6.07) is 12.4. The summed E-state index contributed by atoms with van der Waals surface area (Å²) in [4.78, 5) is 27.1. The van der Waals surface area contributed by atoms with Gasteiger partial charge in [0.1, 0.15) is 0 Å². The van der Waals surface area contributed by atoms with Crippen LogP contribution in [0.5, 0.6) is 0 Å². The van der Waals surface area contributed by atoms with E-state index >= 15 is 0 Å². The second kappa shape index (κ2) is 9.02. The standard InChI is InChI=1S/C24H31N3O3/c1-3-8-19-15-22(24(29)30-4-2)25-27(19)18-11-13-26(14-12-18)23(28)21-16-20(21)17-9-6-5-7-10-17/h5-7,9-10,15,18,20-21H,3-4,8,11-14,16H2,1-2H3/t20-,21?/m0/s1. The number of nitrogens with zero attached hydrogens (tertiary/aromatic N) is 3. The number of esters is 1. The number of carbonyl (C=O) groups excluding carboxylic acids is 2. The molecule has 2 fully saturated rings. The molecule has 1 aromatic heterocycles. The summed E-state index contributed by atoms with van der Waals surface area (Å²) in [6.07, 6.45) is 4.58. The maximum Gasteiger partial charge on any atom is 0.358 e. The van der Waals surface area contributed by atoms with Crippen LogP contribution in [0.4, 0.5) is 0 Å². The van der Waals surface area contributed by atoms with Crippen molar-refractivity contribution in [1.82, 2.24) is 14.7 Å². The van der Waals surface area contributed by atoms with Gasteiger partial charge in [-0.15, -0.1) is 0 Å². The van der Waals surface area contributed by atoms with Crippen LogP contribution >= 0.6 is 0 Å². The number of likely N-dealkylation sites (tertiary alicyclic amines) is 1. The zero-order valence-electron chi connectivity index (χ0n) is 17.9. The zero-order chi connectivity index (χ0) is 21.1. The van der Waals surface area contributed by atoms with Crippen LogP contribution in [0.3, 0.4) is 0 Å². The summed E-state index contributed by atoms with van der Waals surface area (Å²) in [6.45, 7) is 5.78. The maximum absolute atomic E-state index is 13.0. The van der Waals surface area contributed by atoms with Crippen LogP contribution in [-0.4, -0.2) is 46.3 Å². The third-order valence-corrected chi connectivity index (χ3v) is 6.26. The van der Waals surface area contributed by atoms with Gasteiger partial charge in [-0.3, -0.25) is 9.48 Å². The van der Waals surface area contributed by atoms with Gasteiger partial charge in [0.05, 0.1) is 12.6 Å². The lowest BCUT2D eigenvalue weighted by atomic mass is 10.0. The Hall–Kier alpha value is -2.63. The second-order valence-electron chi connectivity index (χ2n) is 8.35. The number of aryl methyl sites for hydroxylation is 1. The van der Waals surface area contributed by atoms with Crippen LogP contribution < -0.4 is 0 Å². The van der Waals surface area contributed by atoms with Crippen molar-refractivity contribution in [1.29, 1.82) is 0 Å². The summed E-state index contributed by atoms with van der Waals surface area (Å²) in [5.74, 6) is 0.455. The van der Waals surface area contributed by atoms with E-state index in [1.807, 2.05) is 33.8 Å². The van der Waals surface area contributed by atoms with Crippen LogP contribution in [-0.2, 0) is 16.0 Å². The minimum Gasteiger partial charge on any atom is -0.461 e. The minimum absolute atomic E-state index is 0.139. The molecule has 1 aliphatic heterocycles. The second-order valence-corrected chi connectivity index (χ2v) is 8.35. The molecule has 160 valence electrons. The van der Waals surface area contributed by atoms with E-state index in [1.54, 1.807) is 6.92 Å². The Balaban J connectivity index is 1.37. The highest BCUT2D eigenvalue weighted by Gasteiger charge is 2.46. The fourth-order valence-electron chi connectivity index (χ4n) is 4.60. The van der Waals surface area contributed by atoms with E-state index in [0.29, 0.717) is 24.1 Å². The highest BCUT2D eigenvalue weighted by Crippen LogP contribution is 2.48. The number of carbonyl (C=O) groups is 2. The smallest absolute Gasteiger partial charge is 0.358 e. The van der Waals surface area contributed by atoms with Crippen molar-refractivity contribution in [2.75, 3.05) is 19.7 Å². The monoisotopic (exact) mass is 409 g/mol. The van der Waals surface area contributed by atoms with E-state index in [-0.39, 0.29) is 17.9 Å². The van der Waals surface area contributed by atoms with Crippen molar-refractivity contribution in [2.24, 2.45) is 5.92 Å². The van der Waals surface area contributed by atoms with Gasteiger partial charge in [-0.1, -0.05) is 43.7 Å². The van der Waals surface area contributed by atoms with Crippen LogP contribution in [0, 0.1) is 5.92 Å². The van der Waals surface area contributed by atoms with Gasteiger partial charge in [0.25, 0.3) is 0 Å². The Morgan fingerprint density at radius 3 is 2.53 bits per heavy atom. The largest absolute Gasteiger partial charge is 0.461 e. The van der Waals surface area contributed by atoms with Crippen LogP contribution in [0.15, 0.2) is 36.4 Å². The van der Waals surface area contributed by atoms with Crippen molar-refractivity contribution in [2.45, 2.75) is 57.9 Å². The lowest BCUT2D eigenvalue weighted by Crippen LogP contribution is -2.40. The van der Waals surface area contributed by atoms with E-state index in [1.165, 1.54) is 5.56 Å². The summed E-state index contributed by atoms with van der Waals surface area (Å²) < 4.78 is 7.14. The molecular formula is C24H31N3O3. The molecular weight excluding hydrogens is 378 g/mol. The highest BCUT2D eigenvalue weighted by atomic mass is 16.5. The number of hydrogen-bond acceptors (Lipinski definition) is 4. The van der Waals surface area contributed by atoms with Crippen LogP contribution in [0.25, 0.3) is 0 Å². The summed E-state index contributed by atoms with van der Waals surface area (Å²) in [5.41, 5.74) is 2.75. The fraction of sp³-hybridized carbons (Fsp3) is 0.542. The molecule has 2 aromatic rings. The zero-order valence-corrected chi connectivity index (χ0v) is 17.9. The molecule has 1 aromatic carbocycles. The predicted molar refractivity (Wildman–Crippen MR) is 114 cm³/mol. The van der Waals surface area contributed by atoms with Gasteiger partial charge in [0.15, 0.2) is 5.69 Å². The molecule has 4 rings (SSSR count). The third-order valence-electron chi connectivity index (χ3n) is 6.26. The van der Waals surface area contributed by atoms with Crippen molar-refractivity contribution in [3.63, 3.8) is 0 Å². The third kappa shape index (κ3) is 4.27. The molecule has 2 heterocycles. The van der Waals surface area contributed by atoms with E-state index in [2.05, 4.69) is 24.2 Å². The maximum atomic E-state index is 13.0. The van der Waals surface area contributed by atoms with E-state index in [4.69, 9.17) is 4.74 Å². The van der Waals surface area contributed by atoms with Gasteiger partial charge in [-0.05, 0) is 50.2 Å². The molecule has 2 atom stereocenters. The number of benzene rings is 1. The van der Waals surface area contributed by atoms with E-state index < -0.39 is 0 Å². The molecule has 0 spiro atoms. The van der Waals surface area contributed by atoms with Crippen molar-refractivity contribution in [3.05, 3.63) is 53.3 Å². The van der Waals surface area contributed by atoms with Gasteiger partial charge in [-0.2, -0.15) is 5.10 Å². The molecule has 1 aliphatic carbocycles. The van der Waals surface area contributed by atoms with Gasteiger partial charge in [0.2, 0.25) is 5.91 Å². The number of amides is 1. The normalized spacial score (nSPS) is 21.5. The SMILES string of the molecule is CCCc1cc(C(=O)OCC)nn1C1CCN(C(=O)C2C[C@H]2c2ccccc2)CC1. The Bertz CT molecular complexity index is 884. The molecule has 1 unspecified atom stereocenters. The molecule has 6 heteroatoms. The molecule has 1 saturated heterocycles. The molecule has 30 heavy (non-hydrogen) atoms. The molecule has 0 bridgehead atoms. The number of ether oxygens (including phenoxy) is 1. The number of hydrogen-bond donors (Lipinski definition) is 0. The Kier molecular flexibility index (Phi) is 6.21. The van der Waals surface area contributed by atoms with Crippen LogP contribution in [0.2, 0.25) is 0 Å². The fourth-order valence-corrected chi connectivity index (χ4v) is 4.60. The molecule has 2 aliphatic rings. The number of rotatable bonds is 7. The van der Waals surface area contributed by atoms with Crippen molar-refractivity contribution >= 4 is 11.9 Å². The van der Waals surface area contributed by atoms with Gasteiger partial charge < -0.3 is 9.64 Å². The summed E-state index contributed by atoms with van der Waals surface area (Å²) in [5, 5.41) is 4.58. The quantitative estimate of drug-likeness (QED) is 0.649. The lowest BCUT2D eigenvalue weighted by Gasteiger charge is -2.33. The Labute approximate surface area is 178 Å². The summed E-state index contributed by atoms with van der Waals surface area (Å²) >= 11 is 0. The van der Waals surface area contributed by atoms with Crippen molar-refractivity contribution < 1.29 is 14.3 Å². The van der Waals surface area contributed by atoms with Crippen molar-refractivity contribution in [3.8, 4) is 0 Å². The first-order valence-corrected chi connectivity index (χ1v) is 11.2. The first kappa shape index (κ1) is 20.6. The average molecular weight is 410 g/mol. The van der Waals surface area contributed by atoms with E-state index in [9.17, 15) is 9.59 Å². The molecule has 1 amide bonds. The highest BCUT2D eigenvalue weighted by molar-refractivity contribution is 5.87. The van der Waals surface area contributed by atoms with Crippen LogP contribution in [0.1, 0.15) is 73.2 Å². The van der Waals surface area contributed by atoms with Gasteiger partial charge in [-0.25, -0.2) is 4.79 Å². The number of aromatic nitrogens is 2. The Morgan fingerprint density at radius 1 is 1.13 bits per heavy atom. The average Bonchev–Trinajstić information content (AvgIpc) is 3.47. The number of piperidine rings is 1. The Morgan fingerprint density at radius 2 is 1.87 bits per heavy atom.